The predicted molar refractivity (Wildman–Crippen MR) is 120 cm³/mol. The van der Waals surface area contributed by atoms with Gasteiger partial charge in [-0.05, 0) is 42.1 Å². The SMILES string of the molecule is COCCCN(Cc1c(-c2ccc(F)cc2)noc1N1CCOCC1)C(=O)c1cccs1. The maximum absolute atomic E-state index is 13.5. The minimum absolute atomic E-state index is 0.0460. The van der Waals surface area contributed by atoms with Crippen molar-refractivity contribution in [3.63, 3.8) is 0 Å². The summed E-state index contributed by atoms with van der Waals surface area (Å²) in [5.41, 5.74) is 2.16. The number of morpholine rings is 1. The monoisotopic (exact) mass is 459 g/mol. The molecule has 0 N–H and O–H groups in total. The van der Waals surface area contributed by atoms with E-state index >= 15 is 0 Å². The van der Waals surface area contributed by atoms with Crippen LogP contribution in [0.2, 0.25) is 0 Å². The van der Waals surface area contributed by atoms with Crippen molar-refractivity contribution in [2.75, 3.05) is 51.5 Å². The second-order valence-electron chi connectivity index (χ2n) is 7.47. The third-order valence-electron chi connectivity index (χ3n) is 5.33. The van der Waals surface area contributed by atoms with Gasteiger partial charge in [-0.15, -0.1) is 11.3 Å². The zero-order chi connectivity index (χ0) is 22.3. The third kappa shape index (κ3) is 5.17. The van der Waals surface area contributed by atoms with Crippen molar-refractivity contribution >= 4 is 23.1 Å². The molecule has 0 aliphatic carbocycles. The molecule has 0 unspecified atom stereocenters. The van der Waals surface area contributed by atoms with Gasteiger partial charge in [-0.25, -0.2) is 4.39 Å². The van der Waals surface area contributed by atoms with Gasteiger partial charge >= 0.3 is 0 Å². The number of amides is 1. The molecule has 1 fully saturated rings. The lowest BCUT2D eigenvalue weighted by molar-refractivity contribution is 0.0728. The van der Waals surface area contributed by atoms with Crippen molar-refractivity contribution in [2.24, 2.45) is 0 Å². The molecule has 4 rings (SSSR count). The molecule has 0 radical (unpaired) electrons. The van der Waals surface area contributed by atoms with Gasteiger partial charge in [-0.1, -0.05) is 11.2 Å². The molecule has 1 aliphatic rings. The molecule has 7 nitrogen and oxygen atoms in total. The van der Waals surface area contributed by atoms with E-state index in [0.29, 0.717) is 68.9 Å². The highest BCUT2D eigenvalue weighted by Gasteiger charge is 2.27. The Bertz CT molecular complexity index is 1000. The molecular weight excluding hydrogens is 433 g/mol. The molecule has 3 heterocycles. The second-order valence-corrected chi connectivity index (χ2v) is 8.42. The Balaban J connectivity index is 1.69. The van der Waals surface area contributed by atoms with E-state index in [9.17, 15) is 9.18 Å². The molecule has 1 aliphatic heterocycles. The molecule has 1 amide bonds. The van der Waals surface area contributed by atoms with Gasteiger partial charge in [0.2, 0.25) is 5.88 Å². The highest BCUT2D eigenvalue weighted by atomic mass is 32.1. The van der Waals surface area contributed by atoms with Gasteiger partial charge in [0.15, 0.2) is 0 Å². The summed E-state index contributed by atoms with van der Waals surface area (Å²) >= 11 is 1.42. The number of anilines is 1. The molecule has 0 saturated carbocycles. The summed E-state index contributed by atoms with van der Waals surface area (Å²) in [5.74, 6) is 0.264. The van der Waals surface area contributed by atoms with E-state index in [-0.39, 0.29) is 11.7 Å². The van der Waals surface area contributed by atoms with E-state index in [0.717, 1.165) is 11.1 Å². The van der Waals surface area contributed by atoms with Crippen molar-refractivity contribution in [1.82, 2.24) is 10.1 Å². The van der Waals surface area contributed by atoms with Gasteiger partial charge in [0.25, 0.3) is 5.91 Å². The maximum atomic E-state index is 13.5. The molecule has 2 aromatic heterocycles. The van der Waals surface area contributed by atoms with Gasteiger partial charge in [0.1, 0.15) is 11.5 Å². The molecule has 32 heavy (non-hydrogen) atoms. The number of aromatic nitrogens is 1. The van der Waals surface area contributed by atoms with Crippen molar-refractivity contribution in [1.29, 1.82) is 0 Å². The van der Waals surface area contributed by atoms with Crippen LogP contribution in [0.15, 0.2) is 46.3 Å². The Morgan fingerprint density at radius 2 is 2.03 bits per heavy atom. The normalized spacial score (nSPS) is 14.0. The first-order chi connectivity index (χ1) is 15.7. The topological polar surface area (TPSA) is 68.0 Å². The molecule has 3 aromatic rings. The lowest BCUT2D eigenvalue weighted by Gasteiger charge is -2.28. The number of methoxy groups -OCH3 is 1. The Labute approximate surface area is 190 Å². The van der Waals surface area contributed by atoms with Crippen molar-refractivity contribution in [3.8, 4) is 11.3 Å². The van der Waals surface area contributed by atoms with Crippen LogP contribution in [-0.4, -0.2) is 62.5 Å². The molecular formula is C23H26FN3O4S. The second kappa shape index (κ2) is 10.7. The lowest BCUT2D eigenvalue weighted by Crippen LogP contribution is -2.37. The van der Waals surface area contributed by atoms with Crippen LogP contribution in [0.5, 0.6) is 0 Å². The quantitative estimate of drug-likeness (QED) is 0.450. The van der Waals surface area contributed by atoms with Gasteiger partial charge in [-0.3, -0.25) is 4.79 Å². The number of nitrogens with zero attached hydrogens (tertiary/aromatic N) is 3. The molecule has 1 saturated heterocycles. The number of carbonyl (C=O) groups is 1. The van der Waals surface area contributed by atoms with Crippen LogP contribution < -0.4 is 4.90 Å². The molecule has 170 valence electrons. The zero-order valence-electron chi connectivity index (χ0n) is 18.0. The summed E-state index contributed by atoms with van der Waals surface area (Å²) < 4.78 is 30.0. The fraction of sp³-hybridized carbons (Fsp3) is 0.391. The maximum Gasteiger partial charge on any atom is 0.264 e. The molecule has 0 bridgehead atoms. The third-order valence-corrected chi connectivity index (χ3v) is 6.19. The lowest BCUT2D eigenvalue weighted by atomic mass is 10.1. The fourth-order valence-electron chi connectivity index (χ4n) is 3.69. The van der Waals surface area contributed by atoms with Crippen LogP contribution in [-0.2, 0) is 16.0 Å². The number of ether oxygens (including phenoxy) is 2. The van der Waals surface area contributed by atoms with Crippen LogP contribution in [0.4, 0.5) is 10.3 Å². The van der Waals surface area contributed by atoms with Crippen molar-refractivity contribution in [2.45, 2.75) is 13.0 Å². The highest BCUT2D eigenvalue weighted by Crippen LogP contribution is 2.33. The number of thiophene rings is 1. The minimum Gasteiger partial charge on any atom is -0.385 e. The Kier molecular flexibility index (Phi) is 7.51. The fourth-order valence-corrected chi connectivity index (χ4v) is 4.38. The van der Waals surface area contributed by atoms with Gasteiger partial charge in [-0.2, -0.15) is 0 Å². The molecule has 9 heteroatoms. The van der Waals surface area contributed by atoms with Gasteiger partial charge in [0, 0.05) is 38.9 Å². The average Bonchev–Trinajstić information content (AvgIpc) is 3.50. The first kappa shape index (κ1) is 22.4. The van der Waals surface area contributed by atoms with Crippen LogP contribution in [0.25, 0.3) is 11.3 Å². The Hall–Kier alpha value is -2.75. The standard InChI is InChI=1S/C23H26FN3O4S/c1-29-12-3-9-27(22(28)20-4-2-15-32-20)16-19-21(17-5-7-18(24)8-6-17)25-31-23(19)26-10-13-30-14-11-26/h2,4-8,15H,3,9-14,16H2,1H3. The van der Waals surface area contributed by atoms with Crippen LogP contribution in [0.1, 0.15) is 21.7 Å². The van der Waals surface area contributed by atoms with Gasteiger partial charge < -0.3 is 23.8 Å². The Morgan fingerprint density at radius 1 is 1.25 bits per heavy atom. The summed E-state index contributed by atoms with van der Waals surface area (Å²) in [5, 5.41) is 6.21. The smallest absolute Gasteiger partial charge is 0.264 e. The average molecular weight is 460 g/mol. The van der Waals surface area contributed by atoms with Gasteiger partial charge in [0.05, 0.1) is 30.2 Å². The van der Waals surface area contributed by atoms with Crippen LogP contribution in [0, 0.1) is 5.82 Å². The van der Waals surface area contributed by atoms with E-state index in [1.165, 1.54) is 23.5 Å². The summed E-state index contributed by atoms with van der Waals surface area (Å²) in [4.78, 5) is 17.8. The molecule has 0 spiro atoms. The zero-order valence-corrected chi connectivity index (χ0v) is 18.8. The van der Waals surface area contributed by atoms with E-state index in [2.05, 4.69) is 10.1 Å². The van der Waals surface area contributed by atoms with Crippen LogP contribution in [0.3, 0.4) is 0 Å². The first-order valence-electron chi connectivity index (χ1n) is 10.6. The van der Waals surface area contributed by atoms with E-state index in [4.69, 9.17) is 14.0 Å². The van der Waals surface area contributed by atoms with Crippen molar-refractivity contribution < 1.29 is 23.2 Å². The van der Waals surface area contributed by atoms with E-state index in [1.807, 2.05) is 17.5 Å². The summed E-state index contributed by atoms with van der Waals surface area (Å²) in [7, 11) is 1.65. The first-order valence-corrected chi connectivity index (χ1v) is 11.4. The largest absolute Gasteiger partial charge is 0.385 e. The van der Waals surface area contributed by atoms with E-state index < -0.39 is 0 Å². The number of halogens is 1. The molecule has 1 aromatic carbocycles. The Morgan fingerprint density at radius 3 is 2.72 bits per heavy atom. The van der Waals surface area contributed by atoms with E-state index in [1.54, 1.807) is 24.1 Å². The highest BCUT2D eigenvalue weighted by molar-refractivity contribution is 7.12. The number of hydrogen-bond acceptors (Lipinski definition) is 7. The van der Waals surface area contributed by atoms with Crippen LogP contribution >= 0.6 is 11.3 Å². The number of carbonyl (C=O) groups excluding carboxylic acids is 1. The predicted octanol–water partition coefficient (Wildman–Crippen LogP) is 4.06. The minimum atomic E-state index is -0.318. The van der Waals surface area contributed by atoms with Crippen molar-refractivity contribution in [3.05, 3.63) is 58.0 Å². The summed E-state index contributed by atoms with van der Waals surface area (Å²) in [6, 6.07) is 9.85. The number of hydrogen-bond donors (Lipinski definition) is 0. The summed E-state index contributed by atoms with van der Waals surface area (Å²) in [6.45, 7) is 3.94. The molecule has 0 atom stereocenters. The summed E-state index contributed by atoms with van der Waals surface area (Å²) in [6.07, 6.45) is 0.706. The number of benzene rings is 1. The number of rotatable bonds is 9.